The Hall–Kier alpha value is -1.14. The summed E-state index contributed by atoms with van der Waals surface area (Å²) in [6.07, 6.45) is 3.75. The monoisotopic (exact) mass is 314 g/mol. The molecule has 18 heavy (non-hydrogen) atoms. The highest BCUT2D eigenvalue weighted by Crippen LogP contribution is 2.25. The highest BCUT2D eigenvalue weighted by Gasteiger charge is 2.24. The normalized spacial score (nSPS) is 19.9. The van der Waals surface area contributed by atoms with Crippen molar-refractivity contribution in [2.75, 3.05) is 25.1 Å². The van der Waals surface area contributed by atoms with Crippen molar-refractivity contribution in [2.45, 2.75) is 18.9 Å². The lowest BCUT2D eigenvalue weighted by molar-refractivity contribution is 0.0694. The number of aromatic nitrogens is 1. The summed E-state index contributed by atoms with van der Waals surface area (Å²) in [5.74, 6) is -0.439. The van der Waals surface area contributed by atoms with Gasteiger partial charge in [0.15, 0.2) is 0 Å². The van der Waals surface area contributed by atoms with E-state index in [1.54, 1.807) is 19.4 Å². The molecule has 5 nitrogen and oxygen atoms in total. The molecule has 98 valence electrons. The molecule has 1 saturated heterocycles. The number of pyridine rings is 1. The van der Waals surface area contributed by atoms with E-state index in [0.29, 0.717) is 16.8 Å². The largest absolute Gasteiger partial charge is 0.478 e. The van der Waals surface area contributed by atoms with Gasteiger partial charge in [-0.05, 0) is 34.8 Å². The van der Waals surface area contributed by atoms with Crippen molar-refractivity contribution in [3.05, 3.63) is 22.3 Å². The molecular formula is C12H15BrN2O3. The van der Waals surface area contributed by atoms with E-state index >= 15 is 0 Å². The number of carbonyl (C=O) groups is 1. The molecule has 1 unspecified atom stereocenters. The predicted molar refractivity (Wildman–Crippen MR) is 71.1 cm³/mol. The number of piperidine rings is 1. The van der Waals surface area contributed by atoms with Crippen LogP contribution in [0.25, 0.3) is 0 Å². The van der Waals surface area contributed by atoms with Crippen LogP contribution >= 0.6 is 15.9 Å². The molecule has 1 aromatic rings. The fraction of sp³-hybridized carbons (Fsp3) is 0.500. The number of nitrogens with zero attached hydrogens (tertiary/aromatic N) is 2. The van der Waals surface area contributed by atoms with Crippen molar-refractivity contribution in [3.63, 3.8) is 0 Å². The summed E-state index contributed by atoms with van der Waals surface area (Å²) in [4.78, 5) is 17.5. The van der Waals surface area contributed by atoms with E-state index in [9.17, 15) is 9.90 Å². The number of ether oxygens (including phenoxy) is 1. The average Bonchev–Trinajstić information content (AvgIpc) is 2.38. The molecule has 1 aromatic heterocycles. The minimum atomic E-state index is -0.960. The number of halogens is 1. The van der Waals surface area contributed by atoms with Crippen LogP contribution in [0.5, 0.6) is 0 Å². The average molecular weight is 315 g/mol. The topological polar surface area (TPSA) is 62.7 Å². The number of aromatic carboxylic acids is 1. The smallest absolute Gasteiger partial charge is 0.339 e. The van der Waals surface area contributed by atoms with E-state index in [2.05, 4.69) is 20.9 Å². The van der Waals surface area contributed by atoms with Gasteiger partial charge >= 0.3 is 5.97 Å². The Morgan fingerprint density at radius 2 is 2.44 bits per heavy atom. The van der Waals surface area contributed by atoms with E-state index in [-0.39, 0.29) is 11.7 Å². The number of anilines is 1. The molecule has 0 spiro atoms. The number of rotatable bonds is 3. The van der Waals surface area contributed by atoms with Gasteiger partial charge in [0.05, 0.1) is 6.10 Å². The van der Waals surface area contributed by atoms with Crippen LogP contribution in [0.1, 0.15) is 23.2 Å². The fourth-order valence-corrected chi connectivity index (χ4v) is 2.50. The van der Waals surface area contributed by atoms with Crippen molar-refractivity contribution < 1.29 is 14.6 Å². The molecule has 0 saturated carbocycles. The maximum absolute atomic E-state index is 11.2. The lowest BCUT2D eigenvalue weighted by atomic mass is 10.1. The molecule has 0 amide bonds. The van der Waals surface area contributed by atoms with Crippen molar-refractivity contribution in [1.82, 2.24) is 4.98 Å². The molecule has 0 aromatic carbocycles. The zero-order valence-electron chi connectivity index (χ0n) is 10.1. The van der Waals surface area contributed by atoms with Crippen molar-refractivity contribution in [1.29, 1.82) is 0 Å². The summed E-state index contributed by atoms with van der Waals surface area (Å²) >= 11 is 3.25. The summed E-state index contributed by atoms with van der Waals surface area (Å²) in [5.41, 5.74) is 0.223. The Morgan fingerprint density at radius 1 is 1.67 bits per heavy atom. The second kappa shape index (κ2) is 5.67. The highest BCUT2D eigenvalue weighted by atomic mass is 79.9. The number of carboxylic acid groups (broad SMARTS) is 1. The van der Waals surface area contributed by atoms with Crippen molar-refractivity contribution in [2.24, 2.45) is 0 Å². The number of carboxylic acids is 1. The van der Waals surface area contributed by atoms with Gasteiger partial charge in [-0.3, -0.25) is 0 Å². The van der Waals surface area contributed by atoms with Gasteiger partial charge in [0.1, 0.15) is 11.4 Å². The van der Waals surface area contributed by atoms with Crippen molar-refractivity contribution >= 4 is 27.7 Å². The first-order valence-electron chi connectivity index (χ1n) is 5.78. The molecule has 1 N–H and O–H groups in total. The van der Waals surface area contributed by atoms with Gasteiger partial charge in [-0.15, -0.1) is 0 Å². The number of hydrogen-bond donors (Lipinski definition) is 1. The van der Waals surface area contributed by atoms with Gasteiger partial charge in [-0.2, -0.15) is 0 Å². The molecule has 6 heteroatoms. The Labute approximate surface area is 114 Å². The van der Waals surface area contributed by atoms with Crippen LogP contribution in [0.3, 0.4) is 0 Å². The first kappa shape index (κ1) is 13.3. The lowest BCUT2D eigenvalue weighted by Gasteiger charge is -2.33. The summed E-state index contributed by atoms with van der Waals surface area (Å²) in [6.45, 7) is 1.50. The molecule has 2 heterocycles. The highest BCUT2D eigenvalue weighted by molar-refractivity contribution is 9.10. The molecule has 0 aliphatic carbocycles. The third-order valence-corrected chi connectivity index (χ3v) is 3.51. The molecule has 0 bridgehead atoms. The SMILES string of the molecule is COC1CCCN(c2ncc(Br)cc2C(=O)O)C1. The molecule has 1 atom stereocenters. The lowest BCUT2D eigenvalue weighted by Crippen LogP contribution is -2.40. The van der Waals surface area contributed by atoms with Crippen LogP contribution in [-0.2, 0) is 4.74 Å². The van der Waals surface area contributed by atoms with E-state index in [1.165, 1.54) is 0 Å². The maximum atomic E-state index is 11.2. The molecule has 1 fully saturated rings. The Bertz CT molecular complexity index is 453. The third kappa shape index (κ3) is 2.81. The quantitative estimate of drug-likeness (QED) is 0.926. The zero-order chi connectivity index (χ0) is 13.1. The first-order chi connectivity index (χ1) is 8.61. The molecule has 1 aliphatic rings. The van der Waals surface area contributed by atoms with E-state index in [4.69, 9.17) is 4.74 Å². The van der Waals surface area contributed by atoms with Crippen LogP contribution < -0.4 is 4.90 Å². The van der Waals surface area contributed by atoms with Crippen LogP contribution in [0.15, 0.2) is 16.7 Å². The van der Waals surface area contributed by atoms with Gasteiger partial charge in [-0.1, -0.05) is 0 Å². The van der Waals surface area contributed by atoms with Crippen LogP contribution in [0.4, 0.5) is 5.82 Å². The van der Waals surface area contributed by atoms with Gasteiger partial charge < -0.3 is 14.7 Å². The van der Waals surface area contributed by atoms with E-state index < -0.39 is 5.97 Å². The van der Waals surface area contributed by atoms with Crippen molar-refractivity contribution in [3.8, 4) is 0 Å². The third-order valence-electron chi connectivity index (χ3n) is 3.07. The summed E-state index contributed by atoms with van der Waals surface area (Å²) < 4.78 is 6.01. The van der Waals surface area contributed by atoms with Gasteiger partial charge in [0.2, 0.25) is 0 Å². The van der Waals surface area contributed by atoms with E-state index in [0.717, 1.165) is 19.4 Å². The summed E-state index contributed by atoms with van der Waals surface area (Å²) in [5, 5.41) is 9.23. The Morgan fingerprint density at radius 3 is 3.11 bits per heavy atom. The Kier molecular flexibility index (Phi) is 4.19. The first-order valence-corrected chi connectivity index (χ1v) is 6.57. The minimum absolute atomic E-state index is 0.144. The Balaban J connectivity index is 2.29. The molecular weight excluding hydrogens is 300 g/mol. The number of methoxy groups -OCH3 is 1. The van der Waals surface area contributed by atoms with Crippen LogP contribution in [-0.4, -0.2) is 42.4 Å². The summed E-state index contributed by atoms with van der Waals surface area (Å²) in [7, 11) is 1.68. The molecule has 2 rings (SSSR count). The zero-order valence-corrected chi connectivity index (χ0v) is 11.7. The molecule has 0 radical (unpaired) electrons. The van der Waals surface area contributed by atoms with Gasteiger partial charge in [0.25, 0.3) is 0 Å². The number of hydrogen-bond acceptors (Lipinski definition) is 4. The second-order valence-corrected chi connectivity index (χ2v) is 5.19. The summed E-state index contributed by atoms with van der Waals surface area (Å²) in [6, 6.07) is 1.58. The van der Waals surface area contributed by atoms with E-state index in [1.807, 2.05) is 4.90 Å². The van der Waals surface area contributed by atoms with Crippen LogP contribution in [0, 0.1) is 0 Å². The minimum Gasteiger partial charge on any atom is -0.478 e. The van der Waals surface area contributed by atoms with Gasteiger partial charge in [0, 0.05) is 30.9 Å². The predicted octanol–water partition coefficient (Wildman–Crippen LogP) is 2.16. The molecule has 1 aliphatic heterocycles. The second-order valence-electron chi connectivity index (χ2n) is 4.28. The maximum Gasteiger partial charge on any atom is 0.339 e. The van der Waals surface area contributed by atoms with Gasteiger partial charge in [-0.25, -0.2) is 9.78 Å². The standard InChI is InChI=1S/C12H15BrN2O3/c1-18-9-3-2-4-15(7-9)11-10(12(16)17)5-8(13)6-14-11/h5-6,9H,2-4,7H2,1H3,(H,16,17). The fourth-order valence-electron chi connectivity index (χ4n) is 2.16. The van der Waals surface area contributed by atoms with Crippen LogP contribution in [0.2, 0.25) is 0 Å².